The van der Waals surface area contributed by atoms with Crippen LogP contribution >= 0.6 is 0 Å². The molecule has 0 saturated heterocycles. The van der Waals surface area contributed by atoms with E-state index in [-0.39, 0.29) is 10.8 Å². The van der Waals surface area contributed by atoms with E-state index in [4.69, 9.17) is 4.74 Å². The van der Waals surface area contributed by atoms with Crippen molar-refractivity contribution in [2.45, 2.75) is 98.0 Å². The van der Waals surface area contributed by atoms with Gasteiger partial charge in [-0.15, -0.1) is 0 Å². The molecular formula is C95H86N2O. The van der Waals surface area contributed by atoms with Gasteiger partial charge in [-0.2, -0.15) is 0 Å². The minimum absolute atomic E-state index is 0.0849. The first-order valence-electron chi connectivity index (χ1n) is 35.1. The zero-order valence-corrected chi connectivity index (χ0v) is 57.6. The van der Waals surface area contributed by atoms with Crippen molar-refractivity contribution in [3.8, 4) is 50.3 Å². The van der Waals surface area contributed by atoms with Gasteiger partial charge < -0.3 is 14.5 Å². The lowest BCUT2D eigenvalue weighted by Crippen LogP contribution is -2.28. The molecule has 3 nitrogen and oxygen atoms in total. The maximum absolute atomic E-state index is 6.78. The Balaban J connectivity index is 0.753. The third-order valence-corrected chi connectivity index (χ3v) is 20.7. The van der Waals surface area contributed by atoms with E-state index in [9.17, 15) is 0 Å². The number of fused-ring (bicyclic) bond motifs is 4. The average molecular weight is 1270 g/mol. The van der Waals surface area contributed by atoms with Crippen LogP contribution in [0, 0.1) is 17.8 Å². The number of benzene rings is 13. The maximum Gasteiger partial charge on any atom is 0.119 e. The molecular weight excluding hydrogens is 1190 g/mol. The molecule has 3 heteroatoms. The Kier molecular flexibility index (Phi) is 17.2. The highest BCUT2D eigenvalue weighted by Gasteiger charge is 2.46. The largest absolute Gasteiger partial charge is 0.489 e. The minimum Gasteiger partial charge on any atom is -0.489 e. The van der Waals surface area contributed by atoms with Crippen molar-refractivity contribution in [1.82, 2.24) is 0 Å². The fourth-order valence-corrected chi connectivity index (χ4v) is 15.6. The lowest BCUT2D eigenvalue weighted by molar-refractivity contribution is 0.256. The van der Waals surface area contributed by atoms with Crippen molar-refractivity contribution in [2.24, 2.45) is 10.8 Å². The summed E-state index contributed by atoms with van der Waals surface area (Å²) in [5.41, 5.74) is 29.1. The SMILES string of the molecule is Cc1ccc(C2(c3ccc(OCc4ccc(C(CC(c5ccc(-c6ccc7c(c6)CC7)cc5)C(C)(C)C)CC(C)(C)C)cc4)cc3)c3ccc(-c4ccc(N(c5ccccc5)c5ccccc5)cc4)cc3-c3cc(-c4ccc(N(c5ccccc5)c5ccccc5)cc4)ccc32)cc1. The Morgan fingerprint density at radius 1 is 0.367 bits per heavy atom. The van der Waals surface area contributed by atoms with Crippen molar-refractivity contribution in [3.63, 3.8) is 0 Å². The van der Waals surface area contributed by atoms with E-state index in [2.05, 4.69) is 380 Å². The zero-order chi connectivity index (χ0) is 67.0. The molecule has 0 amide bonds. The van der Waals surface area contributed by atoms with Crippen LogP contribution in [0.4, 0.5) is 34.1 Å². The Morgan fingerprint density at radius 3 is 1.17 bits per heavy atom. The van der Waals surface area contributed by atoms with Crippen molar-refractivity contribution in [3.05, 3.63) is 377 Å². The number of nitrogens with zero attached hydrogens (tertiary/aromatic N) is 2. The standard InChI is InChI=1S/C95H86N2O/c1-66-28-48-79(49-29-66)95(80-50-56-87(57-51-80)98-65-67-30-32-72(33-31-67)78(64-93(2,3)4)63-92(94(5,6)7)73-38-34-68(35-39-73)74-40-36-69-37-41-75(69)60-74)90-58-46-76(70-42-52-85(53-43-70)96(81-20-12-8-13-21-81)82-22-14-9-15-23-82)61-88(90)89-62-77(47-59-91(89)95)71-44-54-86(55-45-71)97(83-24-16-10-17-25-83)84-26-18-11-19-27-84/h8-36,38-40,42-62,78,92H,37,41,63-65H2,1-7H3. The summed E-state index contributed by atoms with van der Waals surface area (Å²) in [5, 5.41) is 0. The summed E-state index contributed by atoms with van der Waals surface area (Å²) >= 11 is 0. The Hall–Kier alpha value is -10.7. The number of anilines is 6. The number of hydrogen-bond donors (Lipinski definition) is 0. The molecule has 13 aromatic carbocycles. The molecule has 0 aromatic heterocycles. The van der Waals surface area contributed by atoms with Crippen LogP contribution in [0.5, 0.6) is 5.75 Å². The molecule has 0 saturated carbocycles. The summed E-state index contributed by atoms with van der Waals surface area (Å²) in [7, 11) is 0. The second-order valence-corrected chi connectivity index (χ2v) is 29.5. The normalized spacial score (nSPS) is 13.5. The van der Waals surface area contributed by atoms with Crippen molar-refractivity contribution in [1.29, 1.82) is 0 Å². The molecule has 482 valence electrons. The number of aryl methyl sites for hydroxylation is 3. The first-order valence-corrected chi connectivity index (χ1v) is 35.1. The lowest BCUT2D eigenvalue weighted by Gasteiger charge is -2.36. The van der Waals surface area contributed by atoms with Crippen LogP contribution in [0.3, 0.4) is 0 Å². The van der Waals surface area contributed by atoms with Gasteiger partial charge in [-0.3, -0.25) is 0 Å². The summed E-state index contributed by atoms with van der Waals surface area (Å²) < 4.78 is 6.78. The average Bonchev–Trinajstić information content (AvgIpc) is 1.53. The summed E-state index contributed by atoms with van der Waals surface area (Å²) in [6.07, 6.45) is 4.60. The third kappa shape index (κ3) is 12.8. The number of para-hydroxylation sites is 4. The van der Waals surface area contributed by atoms with Crippen LogP contribution in [0.25, 0.3) is 44.5 Å². The van der Waals surface area contributed by atoms with Crippen LogP contribution < -0.4 is 14.5 Å². The van der Waals surface area contributed by atoms with E-state index in [0.717, 1.165) is 80.5 Å². The van der Waals surface area contributed by atoms with E-state index in [1.54, 1.807) is 0 Å². The fourth-order valence-electron chi connectivity index (χ4n) is 15.6. The highest BCUT2D eigenvalue weighted by Crippen LogP contribution is 2.58. The molecule has 2 unspecified atom stereocenters. The van der Waals surface area contributed by atoms with Crippen LogP contribution in [-0.2, 0) is 24.9 Å². The van der Waals surface area contributed by atoms with Gasteiger partial charge in [0.1, 0.15) is 12.4 Å². The van der Waals surface area contributed by atoms with Gasteiger partial charge in [-0.1, -0.05) is 272 Å². The van der Waals surface area contributed by atoms with Gasteiger partial charge in [0.2, 0.25) is 0 Å². The molecule has 0 heterocycles. The van der Waals surface area contributed by atoms with Crippen LogP contribution in [0.15, 0.2) is 322 Å². The smallest absolute Gasteiger partial charge is 0.119 e. The fraction of sp³-hybridized carbons (Fsp3) is 0.179. The molecule has 2 aliphatic rings. The Morgan fingerprint density at radius 2 is 0.755 bits per heavy atom. The lowest BCUT2D eigenvalue weighted by atomic mass is 9.67. The Labute approximate surface area is 581 Å². The predicted molar refractivity (Wildman–Crippen MR) is 412 cm³/mol. The molecule has 0 aliphatic heterocycles. The van der Waals surface area contributed by atoms with Crippen LogP contribution in [-0.4, -0.2) is 0 Å². The summed E-state index contributed by atoms with van der Waals surface area (Å²) in [5.74, 6) is 1.63. The molecule has 98 heavy (non-hydrogen) atoms. The molecule has 15 rings (SSSR count). The highest BCUT2D eigenvalue weighted by molar-refractivity contribution is 5.92. The van der Waals surface area contributed by atoms with Crippen molar-refractivity contribution >= 4 is 34.1 Å². The Bertz CT molecular complexity index is 4620. The van der Waals surface area contributed by atoms with Gasteiger partial charge in [-0.05, 0) is 247 Å². The summed E-state index contributed by atoms with van der Waals surface area (Å²) in [6.45, 7) is 17.1. The number of hydrogen-bond acceptors (Lipinski definition) is 3. The van der Waals surface area contributed by atoms with E-state index in [1.165, 1.54) is 85.2 Å². The number of ether oxygens (including phenoxy) is 1. The van der Waals surface area contributed by atoms with Gasteiger partial charge >= 0.3 is 0 Å². The van der Waals surface area contributed by atoms with Gasteiger partial charge in [0.15, 0.2) is 0 Å². The quantitative estimate of drug-likeness (QED) is 0.0802. The van der Waals surface area contributed by atoms with E-state index < -0.39 is 5.41 Å². The maximum atomic E-state index is 6.78. The molecule has 2 atom stereocenters. The molecule has 0 spiro atoms. The van der Waals surface area contributed by atoms with Gasteiger partial charge in [-0.25, -0.2) is 0 Å². The highest BCUT2D eigenvalue weighted by atomic mass is 16.5. The van der Waals surface area contributed by atoms with Crippen LogP contribution in [0.2, 0.25) is 0 Å². The molecule has 2 aliphatic carbocycles. The molecule has 0 bridgehead atoms. The first kappa shape index (κ1) is 63.3. The van der Waals surface area contributed by atoms with Gasteiger partial charge in [0.25, 0.3) is 0 Å². The monoisotopic (exact) mass is 1270 g/mol. The predicted octanol–water partition coefficient (Wildman–Crippen LogP) is 25.7. The summed E-state index contributed by atoms with van der Waals surface area (Å²) in [6, 6.07) is 119. The number of rotatable bonds is 19. The molecule has 0 fully saturated rings. The van der Waals surface area contributed by atoms with Crippen molar-refractivity contribution < 1.29 is 4.74 Å². The second-order valence-electron chi connectivity index (χ2n) is 29.5. The molecule has 13 aromatic rings. The van der Waals surface area contributed by atoms with Crippen molar-refractivity contribution in [2.75, 3.05) is 9.80 Å². The third-order valence-electron chi connectivity index (χ3n) is 20.7. The van der Waals surface area contributed by atoms with Crippen LogP contribution in [0.1, 0.15) is 122 Å². The van der Waals surface area contributed by atoms with E-state index >= 15 is 0 Å². The topological polar surface area (TPSA) is 15.7 Å². The minimum atomic E-state index is -0.642. The first-order chi connectivity index (χ1) is 47.7. The second kappa shape index (κ2) is 26.7. The molecule has 0 N–H and O–H groups in total. The van der Waals surface area contributed by atoms with Gasteiger partial charge in [0, 0.05) is 34.1 Å². The zero-order valence-electron chi connectivity index (χ0n) is 57.6. The summed E-state index contributed by atoms with van der Waals surface area (Å²) in [4.78, 5) is 4.65. The van der Waals surface area contributed by atoms with E-state index in [1.807, 2.05) is 0 Å². The van der Waals surface area contributed by atoms with Gasteiger partial charge in [0.05, 0.1) is 5.41 Å². The van der Waals surface area contributed by atoms with E-state index in [0.29, 0.717) is 18.4 Å². The molecule has 0 radical (unpaired) electrons.